The third-order valence-corrected chi connectivity index (χ3v) is 10.8. The number of ether oxygens (including phenoxy) is 2. The van der Waals surface area contributed by atoms with Gasteiger partial charge in [-0.1, -0.05) is 56.3 Å². The first kappa shape index (κ1) is 43.1. The summed E-state index contributed by atoms with van der Waals surface area (Å²) in [7, 11) is -9.56. The van der Waals surface area contributed by atoms with Gasteiger partial charge in [0.1, 0.15) is 33.5 Å². The number of azo groups is 2. The summed E-state index contributed by atoms with van der Waals surface area (Å²) >= 11 is 0. The molecule has 5 aromatic carbocycles. The van der Waals surface area contributed by atoms with Crippen LogP contribution in [0.15, 0.2) is 116 Å². The van der Waals surface area contributed by atoms with E-state index in [0.29, 0.717) is 0 Å². The first-order valence-electron chi connectivity index (χ1n) is 17.7. The molecule has 19 heteroatoms. The van der Waals surface area contributed by atoms with E-state index in [1.54, 1.807) is 51.1 Å². The topological polar surface area (TPSA) is 266 Å². The predicted octanol–water partition coefficient (Wildman–Crippen LogP) is 8.30. The number of aromatic hydroxyl groups is 1. The quantitative estimate of drug-likeness (QED) is 0.0311. The van der Waals surface area contributed by atoms with Crippen LogP contribution in [0.5, 0.6) is 17.2 Å². The zero-order valence-electron chi connectivity index (χ0n) is 31.5. The van der Waals surface area contributed by atoms with Crippen molar-refractivity contribution < 1.29 is 56.6 Å². The predicted molar refractivity (Wildman–Crippen MR) is 214 cm³/mol. The number of hydrogen-bond acceptors (Lipinski definition) is 12. The highest BCUT2D eigenvalue weighted by Gasteiger charge is 2.35. The second-order valence-corrected chi connectivity index (χ2v) is 15.9. The van der Waals surface area contributed by atoms with Gasteiger partial charge in [-0.25, -0.2) is 0 Å². The molecule has 0 saturated heterocycles. The van der Waals surface area contributed by atoms with Crippen molar-refractivity contribution >= 4 is 74.1 Å². The summed E-state index contributed by atoms with van der Waals surface area (Å²) in [4.78, 5) is 44.1. The van der Waals surface area contributed by atoms with Crippen molar-refractivity contribution in [1.82, 2.24) is 0 Å². The molecular formula is C39H40N5O12PS. The van der Waals surface area contributed by atoms with E-state index in [2.05, 4.69) is 25.8 Å². The number of carbonyl (C=O) groups excluding carboxylic acids is 1. The largest absolute Gasteiger partial charge is 0.505 e. The van der Waals surface area contributed by atoms with E-state index in [-0.39, 0.29) is 63.5 Å². The van der Waals surface area contributed by atoms with Crippen molar-refractivity contribution in [3.05, 3.63) is 96.6 Å². The number of fused-ring (bicyclic) bond motifs is 1. The maximum absolute atomic E-state index is 13.7. The Balaban J connectivity index is 1.55. The van der Waals surface area contributed by atoms with Gasteiger partial charge in [-0.05, 0) is 67.1 Å². The molecule has 0 bridgehead atoms. The number of aliphatic carboxylic acids is 1. The van der Waals surface area contributed by atoms with Crippen molar-refractivity contribution in [2.24, 2.45) is 32.3 Å². The lowest BCUT2D eigenvalue weighted by Crippen LogP contribution is -2.35. The molecule has 0 aliphatic rings. The Morgan fingerprint density at radius 3 is 2.00 bits per heavy atom. The van der Waals surface area contributed by atoms with Gasteiger partial charge in [0.25, 0.3) is 10.1 Å². The van der Waals surface area contributed by atoms with Gasteiger partial charge in [0, 0.05) is 23.2 Å². The lowest BCUT2D eigenvalue weighted by molar-refractivity contribution is -0.146. The third-order valence-electron chi connectivity index (χ3n) is 9.03. The van der Waals surface area contributed by atoms with Gasteiger partial charge in [-0.2, -0.15) is 13.5 Å². The standard InChI is InChI=1S/C39H40N5O12PS/c1-5-55-32-21-31(33(56-6-2)20-30(32)42-41-27-13-10-14-28(18-27)57(49,50)51)43-44-36-34(58(52,53)54)17-25-15-16-26(19-29(25)37(36)45)40-38(46)35(23(4)39(47)48)22(3)24-11-8-7-9-12-24/h7-23,35,45H,5-6H2,1-4H3,(H,40,46)(H,47,48)(H2,49,50,51)(H,52,53,54)/b42-41+,44-43+/t22-,23+,35?/m1/s1. The Kier molecular flexibility index (Phi) is 13.4. The molecule has 304 valence electrons. The zero-order valence-corrected chi connectivity index (χ0v) is 33.3. The van der Waals surface area contributed by atoms with Crippen LogP contribution in [-0.2, 0) is 24.3 Å². The number of nitrogens with one attached hydrogen (secondary N) is 1. The minimum atomic E-state index is -5.01. The van der Waals surface area contributed by atoms with Crippen molar-refractivity contribution in [3.63, 3.8) is 0 Å². The number of amides is 1. The minimum absolute atomic E-state index is 0.0108. The molecule has 0 radical (unpaired) electrons. The number of carboxylic acid groups (broad SMARTS) is 1. The smallest absolute Gasteiger partial charge is 0.356 e. The molecule has 0 fully saturated rings. The Bertz CT molecular complexity index is 2560. The molecule has 0 aliphatic carbocycles. The van der Waals surface area contributed by atoms with Gasteiger partial charge in [0.15, 0.2) is 5.75 Å². The normalized spacial score (nSPS) is 13.7. The van der Waals surface area contributed by atoms with Gasteiger partial charge >= 0.3 is 13.6 Å². The summed E-state index contributed by atoms with van der Waals surface area (Å²) in [5.74, 6) is -4.90. The summed E-state index contributed by atoms with van der Waals surface area (Å²) in [5.41, 5.74) is 0.505. The average Bonchev–Trinajstić information content (AvgIpc) is 3.17. The fourth-order valence-corrected chi connectivity index (χ4v) is 7.37. The molecule has 5 rings (SSSR count). The maximum Gasteiger partial charge on any atom is 0.356 e. The number of nitrogens with zero attached hydrogens (tertiary/aromatic N) is 4. The Hall–Kier alpha value is -6.04. The van der Waals surface area contributed by atoms with Crippen molar-refractivity contribution in [2.45, 2.75) is 38.5 Å². The molecule has 0 aromatic heterocycles. The van der Waals surface area contributed by atoms with Crippen LogP contribution in [0.1, 0.15) is 39.2 Å². The molecule has 58 heavy (non-hydrogen) atoms. The number of carboxylic acids is 1. The second-order valence-electron chi connectivity index (χ2n) is 12.9. The van der Waals surface area contributed by atoms with Crippen molar-refractivity contribution in [1.29, 1.82) is 0 Å². The van der Waals surface area contributed by atoms with E-state index >= 15 is 0 Å². The highest BCUT2D eigenvalue weighted by molar-refractivity contribution is 7.86. The van der Waals surface area contributed by atoms with Gasteiger partial charge in [0.2, 0.25) is 5.91 Å². The van der Waals surface area contributed by atoms with Crippen LogP contribution in [0.4, 0.5) is 28.4 Å². The Morgan fingerprint density at radius 1 is 0.810 bits per heavy atom. The fraction of sp³-hybridized carbons (Fsp3) is 0.231. The zero-order chi connectivity index (χ0) is 42.4. The van der Waals surface area contributed by atoms with E-state index in [1.165, 1.54) is 61.5 Å². The van der Waals surface area contributed by atoms with E-state index in [1.807, 2.05) is 0 Å². The molecule has 5 aromatic rings. The van der Waals surface area contributed by atoms with Crippen LogP contribution in [-0.4, -0.2) is 58.1 Å². The number of benzene rings is 5. The molecule has 1 amide bonds. The van der Waals surface area contributed by atoms with Gasteiger partial charge < -0.3 is 34.8 Å². The molecule has 0 heterocycles. The van der Waals surface area contributed by atoms with E-state index in [4.69, 9.17) is 9.47 Å². The van der Waals surface area contributed by atoms with Crippen molar-refractivity contribution in [2.75, 3.05) is 18.5 Å². The summed E-state index contributed by atoms with van der Waals surface area (Å²) in [6.07, 6.45) is 0. The van der Waals surface area contributed by atoms with Crippen LogP contribution < -0.4 is 20.1 Å². The highest BCUT2D eigenvalue weighted by atomic mass is 32.2. The number of hydrogen-bond donors (Lipinski definition) is 6. The molecule has 0 aliphatic heterocycles. The van der Waals surface area contributed by atoms with Crippen LogP contribution in [0.3, 0.4) is 0 Å². The fourth-order valence-electron chi connectivity index (χ4n) is 6.13. The summed E-state index contributed by atoms with van der Waals surface area (Å²) in [6, 6.07) is 22.3. The number of anilines is 1. The van der Waals surface area contributed by atoms with E-state index in [9.17, 15) is 47.1 Å². The number of carbonyl (C=O) groups is 2. The lowest BCUT2D eigenvalue weighted by atomic mass is 9.79. The monoisotopic (exact) mass is 833 g/mol. The molecule has 1 unspecified atom stereocenters. The molecule has 3 atom stereocenters. The Labute approximate surface area is 333 Å². The first-order chi connectivity index (χ1) is 27.4. The first-order valence-corrected chi connectivity index (χ1v) is 20.8. The summed E-state index contributed by atoms with van der Waals surface area (Å²) < 4.78 is 58.6. The molecule has 17 nitrogen and oxygen atoms in total. The molecule has 0 saturated carbocycles. The van der Waals surface area contributed by atoms with Gasteiger partial charge in [-0.15, -0.1) is 15.3 Å². The summed E-state index contributed by atoms with van der Waals surface area (Å²) in [6.45, 7) is 6.85. The third kappa shape index (κ3) is 10.1. The van der Waals surface area contributed by atoms with E-state index < -0.39 is 63.7 Å². The average molecular weight is 834 g/mol. The van der Waals surface area contributed by atoms with Crippen molar-refractivity contribution in [3.8, 4) is 17.2 Å². The minimum Gasteiger partial charge on any atom is -0.505 e. The van der Waals surface area contributed by atoms with Gasteiger partial charge in [0.05, 0.1) is 36.0 Å². The SMILES string of the molecule is CCOc1cc(/N=N/c2c(S(=O)(=O)O)cc3ccc(NC(=O)C([C@H](C)C(=O)O)[C@H](C)c4ccccc4)cc3c2O)c(OCC)cc1/N=N/c1cccc(P(=O)(O)O)c1. The lowest BCUT2D eigenvalue weighted by Gasteiger charge is -2.27. The highest BCUT2D eigenvalue weighted by Crippen LogP contribution is 2.45. The summed E-state index contributed by atoms with van der Waals surface area (Å²) in [5, 5.41) is 40.4. The molecular weight excluding hydrogens is 793 g/mol. The van der Waals surface area contributed by atoms with Crippen LogP contribution in [0.2, 0.25) is 0 Å². The number of rotatable bonds is 16. The van der Waals surface area contributed by atoms with Crippen LogP contribution in [0.25, 0.3) is 10.8 Å². The maximum atomic E-state index is 13.7. The number of phenols is 1. The van der Waals surface area contributed by atoms with Crippen LogP contribution in [0, 0.1) is 11.8 Å². The second kappa shape index (κ2) is 18.0. The molecule has 0 spiro atoms. The molecule has 6 N–H and O–H groups in total. The Morgan fingerprint density at radius 2 is 1.43 bits per heavy atom. The number of phenolic OH excluding ortho intramolecular Hbond substituents is 1. The van der Waals surface area contributed by atoms with Crippen LogP contribution >= 0.6 is 7.60 Å². The van der Waals surface area contributed by atoms with Gasteiger partial charge in [-0.3, -0.25) is 18.7 Å². The van der Waals surface area contributed by atoms with E-state index in [0.717, 1.165) is 11.6 Å².